The summed E-state index contributed by atoms with van der Waals surface area (Å²) >= 11 is 0. The first-order chi connectivity index (χ1) is 8.55. The summed E-state index contributed by atoms with van der Waals surface area (Å²) in [6.45, 7) is 13.3. The molecule has 1 nitrogen and oxygen atoms in total. The minimum Gasteiger partial charge on any atom is -0.381 e. The van der Waals surface area contributed by atoms with Crippen molar-refractivity contribution >= 4 is 24.4 Å². The molecular formula is C14H26FOPSi2. The van der Waals surface area contributed by atoms with Crippen LogP contribution in [0.1, 0.15) is 11.4 Å². The van der Waals surface area contributed by atoms with Gasteiger partial charge in [0.1, 0.15) is 14.1 Å². The van der Waals surface area contributed by atoms with Crippen LogP contribution in [-0.2, 0) is 0 Å². The molecule has 108 valence electrons. The van der Waals surface area contributed by atoms with Crippen molar-refractivity contribution in [3.05, 3.63) is 35.9 Å². The molecule has 0 radical (unpaired) electrons. The number of rotatable bonds is 5. The summed E-state index contributed by atoms with van der Waals surface area (Å²) in [5, 5.41) is 10.4. The molecule has 1 aromatic rings. The average Bonchev–Trinajstić information content (AvgIpc) is 2.25. The van der Waals surface area contributed by atoms with Gasteiger partial charge in [0.25, 0.3) is 0 Å². The van der Waals surface area contributed by atoms with Gasteiger partial charge in [0.15, 0.2) is 0 Å². The standard InChI is InChI=1S/C14H26FOPSi2/c1-18(2,3)14(19(4,5)6)17(15)13(16)12-10-8-7-9-11-12/h7-11,13-14,16H,1-6H3/t13-,17?/m1/s1. The Labute approximate surface area is 120 Å². The monoisotopic (exact) mass is 316 g/mol. The SMILES string of the molecule is C[Si](C)(C)C(P(F)[C@@H](O)c1ccccc1)[Si](C)(C)C. The number of hydrogen-bond acceptors (Lipinski definition) is 1. The van der Waals surface area contributed by atoms with Gasteiger partial charge in [-0.05, 0) is 5.56 Å². The second-order valence-corrected chi connectivity index (χ2v) is 21.1. The van der Waals surface area contributed by atoms with Gasteiger partial charge in [-0.25, -0.2) is 4.20 Å². The van der Waals surface area contributed by atoms with Gasteiger partial charge in [0.2, 0.25) is 0 Å². The Morgan fingerprint density at radius 3 is 1.74 bits per heavy atom. The molecule has 1 N–H and O–H groups in total. The quantitative estimate of drug-likeness (QED) is 0.587. The van der Waals surface area contributed by atoms with Crippen molar-refractivity contribution in [2.24, 2.45) is 0 Å². The summed E-state index contributed by atoms with van der Waals surface area (Å²) in [6.07, 6.45) is 0. The van der Waals surface area contributed by atoms with Gasteiger partial charge in [-0.3, -0.25) is 0 Å². The molecule has 0 aliphatic rings. The Bertz CT molecular complexity index is 386. The summed E-state index contributed by atoms with van der Waals surface area (Å²) < 4.78 is 15.0. The smallest absolute Gasteiger partial charge is 0.127 e. The molecule has 0 saturated heterocycles. The molecule has 1 aromatic carbocycles. The van der Waals surface area contributed by atoms with E-state index in [1.54, 1.807) is 0 Å². The maximum absolute atomic E-state index is 15.0. The molecular weight excluding hydrogens is 290 g/mol. The van der Waals surface area contributed by atoms with Crippen molar-refractivity contribution < 1.29 is 9.30 Å². The highest BCUT2D eigenvalue weighted by atomic mass is 31.2. The average molecular weight is 317 g/mol. The molecule has 0 heterocycles. The number of benzene rings is 1. The lowest BCUT2D eigenvalue weighted by molar-refractivity contribution is 0.258. The largest absolute Gasteiger partial charge is 0.381 e. The molecule has 0 aliphatic carbocycles. The van der Waals surface area contributed by atoms with E-state index in [2.05, 4.69) is 39.3 Å². The topological polar surface area (TPSA) is 20.2 Å². The Kier molecular flexibility index (Phi) is 5.53. The Hall–Kier alpha value is -0.0262. The molecule has 0 amide bonds. The Morgan fingerprint density at radius 1 is 0.947 bits per heavy atom. The van der Waals surface area contributed by atoms with Crippen LogP contribution in [0.2, 0.25) is 39.3 Å². The fraction of sp³-hybridized carbons (Fsp3) is 0.571. The van der Waals surface area contributed by atoms with Crippen LogP contribution < -0.4 is 0 Å². The molecule has 19 heavy (non-hydrogen) atoms. The van der Waals surface area contributed by atoms with E-state index in [-0.39, 0.29) is 4.91 Å². The van der Waals surface area contributed by atoms with Gasteiger partial charge < -0.3 is 5.11 Å². The second-order valence-electron chi connectivity index (χ2n) is 7.26. The molecule has 5 heteroatoms. The van der Waals surface area contributed by atoms with Crippen LogP contribution in [0.5, 0.6) is 0 Å². The van der Waals surface area contributed by atoms with Gasteiger partial charge in [-0.2, -0.15) is 0 Å². The first-order valence-electron chi connectivity index (χ1n) is 6.72. The summed E-state index contributed by atoms with van der Waals surface area (Å²) in [6, 6.07) is 9.26. The minimum atomic E-state index is -1.88. The van der Waals surface area contributed by atoms with E-state index in [0.717, 1.165) is 5.56 Å². The normalized spacial score (nSPS) is 16.5. The van der Waals surface area contributed by atoms with Gasteiger partial charge in [0.05, 0.1) is 16.1 Å². The van der Waals surface area contributed by atoms with E-state index in [1.807, 2.05) is 30.3 Å². The molecule has 0 bridgehead atoms. The fourth-order valence-electron chi connectivity index (χ4n) is 2.95. The van der Waals surface area contributed by atoms with E-state index in [4.69, 9.17) is 0 Å². The summed E-state index contributed by atoms with van der Waals surface area (Å²) in [5.74, 6) is -0.931. The first-order valence-corrected chi connectivity index (χ1v) is 15.2. The molecule has 0 saturated carbocycles. The van der Waals surface area contributed by atoms with Crippen molar-refractivity contribution in [3.63, 3.8) is 0 Å². The van der Waals surface area contributed by atoms with Gasteiger partial charge in [-0.1, -0.05) is 69.6 Å². The molecule has 0 aromatic heterocycles. The number of aliphatic hydroxyl groups is 1. The number of aliphatic hydroxyl groups excluding tert-OH is 1. The molecule has 0 spiro atoms. The third kappa shape index (κ3) is 4.49. The van der Waals surface area contributed by atoms with Crippen LogP contribution in [0, 0.1) is 0 Å². The van der Waals surface area contributed by atoms with Crippen molar-refractivity contribution in [3.8, 4) is 0 Å². The molecule has 0 fully saturated rings. The lowest BCUT2D eigenvalue weighted by Gasteiger charge is -2.41. The van der Waals surface area contributed by atoms with Gasteiger partial charge in [-0.15, -0.1) is 0 Å². The summed E-state index contributed by atoms with van der Waals surface area (Å²) in [7, 11) is -5.13. The van der Waals surface area contributed by atoms with Crippen LogP contribution in [0.25, 0.3) is 0 Å². The van der Waals surface area contributed by atoms with Crippen LogP contribution in [0.4, 0.5) is 4.20 Å². The maximum Gasteiger partial charge on any atom is 0.127 e. The van der Waals surface area contributed by atoms with Crippen molar-refractivity contribution in [2.75, 3.05) is 0 Å². The lowest BCUT2D eigenvalue weighted by Crippen LogP contribution is -2.52. The zero-order chi connectivity index (χ0) is 14.8. The second kappa shape index (κ2) is 6.17. The van der Waals surface area contributed by atoms with Crippen LogP contribution >= 0.6 is 8.23 Å². The van der Waals surface area contributed by atoms with Gasteiger partial charge in [0, 0.05) is 4.91 Å². The molecule has 1 unspecified atom stereocenters. The van der Waals surface area contributed by atoms with Gasteiger partial charge >= 0.3 is 0 Å². The summed E-state index contributed by atoms with van der Waals surface area (Å²) in [5.41, 5.74) is 0.720. The first kappa shape index (κ1) is 17.0. The fourth-order valence-corrected chi connectivity index (χ4v) is 20.8. The summed E-state index contributed by atoms with van der Waals surface area (Å²) in [4.78, 5) is 0.116. The molecule has 1 rings (SSSR count). The highest BCUT2D eigenvalue weighted by molar-refractivity contribution is 7.60. The third-order valence-electron chi connectivity index (χ3n) is 3.22. The van der Waals surface area contributed by atoms with E-state index >= 15 is 4.20 Å². The molecule has 2 atom stereocenters. The van der Waals surface area contributed by atoms with E-state index < -0.39 is 30.2 Å². The van der Waals surface area contributed by atoms with Crippen LogP contribution in [0.3, 0.4) is 0 Å². The van der Waals surface area contributed by atoms with Crippen molar-refractivity contribution in [1.82, 2.24) is 0 Å². The number of halogens is 1. The van der Waals surface area contributed by atoms with Crippen molar-refractivity contribution in [2.45, 2.75) is 50.0 Å². The highest BCUT2D eigenvalue weighted by Crippen LogP contribution is 2.59. The van der Waals surface area contributed by atoms with Crippen LogP contribution in [-0.4, -0.2) is 26.2 Å². The van der Waals surface area contributed by atoms with Crippen LogP contribution in [0.15, 0.2) is 30.3 Å². The number of hydrogen-bond donors (Lipinski definition) is 1. The molecule has 0 aliphatic heterocycles. The van der Waals surface area contributed by atoms with E-state index in [9.17, 15) is 5.11 Å². The van der Waals surface area contributed by atoms with E-state index in [0.29, 0.717) is 0 Å². The Balaban J connectivity index is 3.05. The zero-order valence-electron chi connectivity index (χ0n) is 12.8. The minimum absolute atomic E-state index is 0.116. The lowest BCUT2D eigenvalue weighted by atomic mass is 10.2. The van der Waals surface area contributed by atoms with Crippen molar-refractivity contribution in [1.29, 1.82) is 0 Å². The maximum atomic E-state index is 15.0. The third-order valence-corrected chi connectivity index (χ3v) is 19.1. The Morgan fingerprint density at radius 2 is 1.37 bits per heavy atom. The van der Waals surface area contributed by atoms with E-state index in [1.165, 1.54) is 0 Å². The zero-order valence-corrected chi connectivity index (χ0v) is 15.7. The predicted octanol–water partition coefficient (Wildman–Crippen LogP) is 5.17. The predicted molar refractivity (Wildman–Crippen MR) is 89.9 cm³/mol. The highest BCUT2D eigenvalue weighted by Gasteiger charge is 2.46.